The van der Waals surface area contributed by atoms with Crippen LogP contribution < -0.4 is 9.64 Å². The average molecular weight is 389 g/mol. The fraction of sp³-hybridized carbons (Fsp3) is 0.375. The molecule has 5 nitrogen and oxygen atoms in total. The lowest BCUT2D eigenvalue weighted by Gasteiger charge is -2.22. The van der Waals surface area contributed by atoms with Crippen LogP contribution in [-0.4, -0.2) is 23.7 Å². The number of hydrogen-bond acceptors (Lipinski definition) is 4. The van der Waals surface area contributed by atoms with Gasteiger partial charge in [-0.3, -0.25) is 14.4 Å². The van der Waals surface area contributed by atoms with Crippen LogP contribution in [0.2, 0.25) is 0 Å². The second-order valence-electron chi connectivity index (χ2n) is 8.35. The Morgan fingerprint density at radius 2 is 1.52 bits per heavy atom. The number of hydrogen-bond donors (Lipinski definition) is 0. The molecule has 5 atom stereocenters. The van der Waals surface area contributed by atoms with Crippen LogP contribution in [0.1, 0.15) is 36.5 Å². The van der Waals surface area contributed by atoms with Gasteiger partial charge in [-0.15, -0.1) is 0 Å². The van der Waals surface area contributed by atoms with Crippen molar-refractivity contribution in [1.82, 2.24) is 0 Å². The number of amides is 2. The maximum Gasteiger partial charge on any atom is 0.238 e. The van der Waals surface area contributed by atoms with Crippen LogP contribution in [0.4, 0.5) is 5.69 Å². The van der Waals surface area contributed by atoms with Gasteiger partial charge in [0.15, 0.2) is 6.10 Å². The molecule has 1 aliphatic heterocycles. The molecular formula is C24H23NO4. The first-order valence-electron chi connectivity index (χ1n) is 10.3. The fourth-order valence-electron chi connectivity index (χ4n) is 5.47. The molecule has 2 aromatic rings. The molecule has 0 unspecified atom stereocenters. The Kier molecular flexibility index (Phi) is 4.26. The van der Waals surface area contributed by atoms with Crippen molar-refractivity contribution in [1.29, 1.82) is 0 Å². The Bertz CT molecular complexity index is 957. The van der Waals surface area contributed by atoms with Crippen molar-refractivity contribution in [3.63, 3.8) is 0 Å². The number of carbonyl (C=O) groups is 3. The molecular weight excluding hydrogens is 366 g/mol. The standard InChI is InChI=1S/C24H23NO4/c1-14(22(26)15-7-3-2-4-8-15)29-19-10-6-5-9-18(19)25-23(27)20-16-11-12-17(13-16)21(20)24(25)28/h2-10,14,16-17,20-21H,11-13H2,1H3/t14-,16-,17+,20-,21+/m0/s1. The molecule has 2 bridgehead atoms. The molecule has 5 rings (SSSR count). The van der Waals surface area contributed by atoms with Crippen LogP contribution in [-0.2, 0) is 9.59 Å². The van der Waals surface area contributed by atoms with Gasteiger partial charge >= 0.3 is 0 Å². The maximum atomic E-state index is 13.2. The molecule has 3 aliphatic rings. The first-order valence-corrected chi connectivity index (χ1v) is 10.3. The first-order chi connectivity index (χ1) is 14.1. The van der Waals surface area contributed by atoms with Crippen molar-refractivity contribution < 1.29 is 19.1 Å². The fourth-order valence-corrected chi connectivity index (χ4v) is 5.47. The number of carbonyl (C=O) groups excluding carboxylic acids is 3. The van der Waals surface area contributed by atoms with Gasteiger partial charge in [-0.05, 0) is 50.2 Å². The molecule has 0 aromatic heterocycles. The molecule has 0 spiro atoms. The SMILES string of the molecule is C[C@H](Oc1ccccc1N1C(=O)[C@@H]2[C@@H]3CC[C@@H](C3)[C@@H]2C1=O)C(=O)c1ccccc1. The summed E-state index contributed by atoms with van der Waals surface area (Å²) in [5.41, 5.74) is 1.01. The second kappa shape index (κ2) is 6.83. The van der Waals surface area contributed by atoms with E-state index < -0.39 is 6.10 Å². The molecule has 148 valence electrons. The number of rotatable bonds is 5. The number of fused-ring (bicyclic) bond motifs is 5. The highest BCUT2D eigenvalue weighted by molar-refractivity contribution is 6.23. The van der Waals surface area contributed by atoms with E-state index in [9.17, 15) is 14.4 Å². The van der Waals surface area contributed by atoms with Crippen LogP contribution in [0.3, 0.4) is 0 Å². The van der Waals surface area contributed by atoms with Crippen molar-refractivity contribution in [3.05, 3.63) is 60.2 Å². The molecule has 0 radical (unpaired) electrons. The lowest BCUT2D eigenvalue weighted by atomic mass is 9.81. The predicted octanol–water partition coefficient (Wildman–Crippen LogP) is 3.87. The van der Waals surface area contributed by atoms with E-state index in [0.717, 1.165) is 19.3 Å². The lowest BCUT2D eigenvalue weighted by molar-refractivity contribution is -0.123. The monoisotopic (exact) mass is 389 g/mol. The molecule has 1 saturated heterocycles. The number of anilines is 1. The Morgan fingerprint density at radius 3 is 2.17 bits per heavy atom. The average Bonchev–Trinajstić information content (AvgIpc) is 3.42. The van der Waals surface area contributed by atoms with E-state index in [4.69, 9.17) is 4.74 Å². The number of nitrogens with zero attached hydrogens (tertiary/aromatic N) is 1. The van der Waals surface area contributed by atoms with Crippen molar-refractivity contribution in [2.75, 3.05) is 4.90 Å². The summed E-state index contributed by atoms with van der Waals surface area (Å²) in [6, 6.07) is 16.0. The van der Waals surface area contributed by atoms with Gasteiger partial charge in [-0.1, -0.05) is 42.5 Å². The number of ether oxygens (including phenoxy) is 1. The molecule has 3 fully saturated rings. The summed E-state index contributed by atoms with van der Waals surface area (Å²) >= 11 is 0. The Labute approximate surface area is 169 Å². The zero-order valence-electron chi connectivity index (χ0n) is 16.3. The van der Waals surface area contributed by atoms with Crippen LogP contribution in [0, 0.1) is 23.7 Å². The first kappa shape index (κ1) is 18.1. The molecule has 2 amide bonds. The normalized spacial score (nSPS) is 28.5. The zero-order chi connectivity index (χ0) is 20.1. The summed E-state index contributed by atoms with van der Waals surface area (Å²) in [5.74, 6) is 0.329. The molecule has 2 saturated carbocycles. The molecule has 2 aliphatic carbocycles. The van der Waals surface area contributed by atoms with Crippen molar-refractivity contribution in [2.24, 2.45) is 23.7 Å². The van der Waals surface area contributed by atoms with E-state index in [2.05, 4.69) is 0 Å². The Morgan fingerprint density at radius 1 is 0.931 bits per heavy atom. The molecule has 1 heterocycles. The summed E-state index contributed by atoms with van der Waals surface area (Å²) in [4.78, 5) is 40.3. The van der Waals surface area contributed by atoms with E-state index >= 15 is 0 Å². The predicted molar refractivity (Wildman–Crippen MR) is 108 cm³/mol. The molecule has 5 heteroatoms. The van der Waals surface area contributed by atoms with Gasteiger partial charge in [0.1, 0.15) is 5.75 Å². The largest absolute Gasteiger partial charge is 0.480 e. The van der Waals surface area contributed by atoms with Gasteiger partial charge in [-0.2, -0.15) is 0 Å². The van der Waals surface area contributed by atoms with Crippen LogP contribution in [0.25, 0.3) is 0 Å². The number of imide groups is 1. The van der Waals surface area contributed by atoms with Crippen molar-refractivity contribution >= 4 is 23.3 Å². The highest BCUT2D eigenvalue weighted by Gasteiger charge is 2.61. The molecule has 2 aromatic carbocycles. The second-order valence-corrected chi connectivity index (χ2v) is 8.35. The van der Waals surface area contributed by atoms with Crippen molar-refractivity contribution in [3.8, 4) is 5.75 Å². The van der Waals surface area contributed by atoms with Gasteiger partial charge in [0.2, 0.25) is 17.6 Å². The highest BCUT2D eigenvalue weighted by Crippen LogP contribution is 2.57. The molecule has 0 N–H and O–H groups in total. The van der Waals surface area contributed by atoms with Gasteiger partial charge < -0.3 is 4.74 Å². The van der Waals surface area contributed by atoms with Crippen molar-refractivity contribution in [2.45, 2.75) is 32.3 Å². The summed E-state index contributed by atoms with van der Waals surface area (Å²) in [6.07, 6.45) is 2.35. The third-order valence-electron chi connectivity index (χ3n) is 6.76. The Hall–Kier alpha value is -2.95. The zero-order valence-corrected chi connectivity index (χ0v) is 16.3. The van der Waals surface area contributed by atoms with E-state index in [1.165, 1.54) is 4.90 Å². The van der Waals surface area contributed by atoms with E-state index in [-0.39, 0.29) is 29.4 Å². The van der Waals surface area contributed by atoms with E-state index in [1.807, 2.05) is 18.2 Å². The topological polar surface area (TPSA) is 63.7 Å². The van der Waals surface area contributed by atoms with Crippen LogP contribution in [0.15, 0.2) is 54.6 Å². The van der Waals surface area contributed by atoms with Crippen LogP contribution in [0.5, 0.6) is 5.75 Å². The van der Waals surface area contributed by atoms with Gasteiger partial charge in [0.25, 0.3) is 0 Å². The summed E-state index contributed by atoms with van der Waals surface area (Å²) in [5, 5.41) is 0. The smallest absolute Gasteiger partial charge is 0.238 e. The third-order valence-corrected chi connectivity index (χ3v) is 6.76. The quantitative estimate of drug-likeness (QED) is 0.575. The number of ketones is 1. The highest BCUT2D eigenvalue weighted by atomic mass is 16.5. The van der Waals surface area contributed by atoms with E-state index in [1.54, 1.807) is 43.3 Å². The molecule has 29 heavy (non-hydrogen) atoms. The maximum absolute atomic E-state index is 13.2. The van der Waals surface area contributed by atoms with Crippen LogP contribution >= 0.6 is 0 Å². The summed E-state index contributed by atoms with van der Waals surface area (Å²) in [6.45, 7) is 1.69. The van der Waals surface area contributed by atoms with E-state index in [0.29, 0.717) is 28.8 Å². The number of Topliss-reactive ketones (excluding diaryl/α,β-unsaturated/α-hetero) is 1. The minimum absolute atomic E-state index is 0.106. The Balaban J connectivity index is 1.42. The minimum atomic E-state index is -0.734. The van der Waals surface area contributed by atoms with Gasteiger partial charge in [0, 0.05) is 5.56 Å². The lowest BCUT2D eigenvalue weighted by Crippen LogP contribution is -2.34. The summed E-state index contributed by atoms with van der Waals surface area (Å²) < 4.78 is 5.97. The van der Waals surface area contributed by atoms with Gasteiger partial charge in [0.05, 0.1) is 17.5 Å². The number of benzene rings is 2. The summed E-state index contributed by atoms with van der Waals surface area (Å²) in [7, 11) is 0. The minimum Gasteiger partial charge on any atom is -0.480 e. The van der Waals surface area contributed by atoms with Gasteiger partial charge in [-0.25, -0.2) is 4.90 Å². The third kappa shape index (κ3) is 2.79. The number of para-hydroxylation sites is 2.